The fourth-order valence-corrected chi connectivity index (χ4v) is 3.40. The Bertz CT molecular complexity index is 327. The summed E-state index contributed by atoms with van der Waals surface area (Å²) in [5.74, 6) is 0. The maximum Gasteiger partial charge on any atom is 0.209 e. The summed E-state index contributed by atoms with van der Waals surface area (Å²) in [7, 11) is -3.13. The molecule has 0 fully saturated rings. The molecule has 4 nitrogen and oxygen atoms in total. The fraction of sp³-hybridized carbons (Fsp3) is 1.00. The molecule has 0 heterocycles. The normalized spacial score (nSPS) is 12.8. The molecule has 0 radical (unpaired) electrons. The second kappa shape index (κ2) is 10.6. The smallest absolute Gasteiger partial charge is 0.209 e. The van der Waals surface area contributed by atoms with E-state index >= 15 is 0 Å². The first kappa shape index (κ1) is 19.9. The summed E-state index contributed by atoms with van der Waals surface area (Å²) in [5, 5.41) is 3.33. The zero-order valence-electron chi connectivity index (χ0n) is 13.8. The zero-order valence-corrected chi connectivity index (χ0v) is 14.6. The first-order valence-electron chi connectivity index (χ1n) is 7.96. The van der Waals surface area contributed by atoms with Gasteiger partial charge in [0.25, 0.3) is 0 Å². The molecule has 0 aliphatic heterocycles. The largest absolute Gasteiger partial charge is 0.315 e. The van der Waals surface area contributed by atoms with Gasteiger partial charge in [-0.15, -0.1) is 0 Å². The van der Waals surface area contributed by atoms with Gasteiger partial charge in [0.05, 0.1) is 6.26 Å². The van der Waals surface area contributed by atoms with Crippen molar-refractivity contribution in [3.05, 3.63) is 0 Å². The molecule has 0 atom stereocenters. The van der Waals surface area contributed by atoms with E-state index < -0.39 is 15.6 Å². The second-order valence-corrected chi connectivity index (χ2v) is 8.16. The van der Waals surface area contributed by atoms with Crippen molar-refractivity contribution in [3.8, 4) is 0 Å². The fourth-order valence-electron chi connectivity index (χ4n) is 2.32. The Labute approximate surface area is 126 Å². The molecule has 0 spiro atoms. The van der Waals surface area contributed by atoms with Crippen LogP contribution in [0.4, 0.5) is 0 Å². The van der Waals surface area contributed by atoms with Crippen LogP contribution in [-0.2, 0) is 10.0 Å². The third-order valence-corrected chi connectivity index (χ3v) is 4.16. The van der Waals surface area contributed by atoms with Crippen LogP contribution in [0.2, 0.25) is 0 Å². The van der Waals surface area contributed by atoms with Crippen molar-refractivity contribution < 1.29 is 8.42 Å². The van der Waals surface area contributed by atoms with E-state index in [-0.39, 0.29) is 0 Å². The molecule has 0 aromatic heterocycles. The molecular weight excluding hydrogens is 272 g/mol. The average Bonchev–Trinajstić information content (AvgIpc) is 2.28. The Morgan fingerprint density at radius 3 is 1.90 bits per heavy atom. The second-order valence-electron chi connectivity index (χ2n) is 6.41. The minimum atomic E-state index is -3.13. The predicted octanol–water partition coefficient (Wildman–Crippen LogP) is 3.04. The third-order valence-electron chi connectivity index (χ3n) is 3.24. The summed E-state index contributed by atoms with van der Waals surface area (Å²) in [5.41, 5.74) is -0.423. The van der Waals surface area contributed by atoms with Gasteiger partial charge in [-0.2, -0.15) is 0 Å². The van der Waals surface area contributed by atoms with Crippen LogP contribution in [0.15, 0.2) is 0 Å². The molecule has 0 rings (SSSR count). The van der Waals surface area contributed by atoms with Crippen LogP contribution < -0.4 is 10.0 Å². The molecule has 20 heavy (non-hydrogen) atoms. The number of unbranched alkanes of at least 4 members (excludes halogenated alkanes) is 7. The lowest BCUT2D eigenvalue weighted by Gasteiger charge is -2.25. The van der Waals surface area contributed by atoms with Gasteiger partial charge in [-0.25, -0.2) is 13.1 Å². The number of nitrogens with one attached hydrogen (secondary N) is 2. The molecule has 2 N–H and O–H groups in total. The van der Waals surface area contributed by atoms with Crippen molar-refractivity contribution >= 4 is 10.0 Å². The molecule has 0 saturated heterocycles. The van der Waals surface area contributed by atoms with E-state index in [1.165, 1.54) is 57.6 Å². The molecule has 0 aromatic rings. The van der Waals surface area contributed by atoms with Gasteiger partial charge in [0.1, 0.15) is 0 Å². The predicted molar refractivity (Wildman–Crippen MR) is 87.5 cm³/mol. The highest BCUT2D eigenvalue weighted by Gasteiger charge is 2.21. The average molecular weight is 307 g/mol. The summed E-state index contributed by atoms with van der Waals surface area (Å²) in [4.78, 5) is 0. The van der Waals surface area contributed by atoms with Crippen LogP contribution in [0.1, 0.15) is 72.1 Å². The van der Waals surface area contributed by atoms with Crippen molar-refractivity contribution in [2.24, 2.45) is 0 Å². The Balaban J connectivity index is 3.43. The van der Waals surface area contributed by atoms with Crippen LogP contribution in [0.3, 0.4) is 0 Å². The third kappa shape index (κ3) is 14.3. The highest BCUT2D eigenvalue weighted by molar-refractivity contribution is 7.88. The van der Waals surface area contributed by atoms with Crippen LogP contribution >= 0.6 is 0 Å². The summed E-state index contributed by atoms with van der Waals surface area (Å²) < 4.78 is 25.0. The lowest BCUT2D eigenvalue weighted by molar-refractivity contribution is 0.417. The monoisotopic (exact) mass is 306 g/mol. The van der Waals surface area contributed by atoms with Crippen molar-refractivity contribution in [1.82, 2.24) is 10.0 Å². The lowest BCUT2D eigenvalue weighted by Crippen LogP contribution is -2.50. The van der Waals surface area contributed by atoms with Gasteiger partial charge in [-0.3, -0.25) is 0 Å². The van der Waals surface area contributed by atoms with Gasteiger partial charge in [0.15, 0.2) is 0 Å². The summed E-state index contributed by atoms with van der Waals surface area (Å²) in [6, 6.07) is 0. The number of rotatable bonds is 13. The Kier molecular flexibility index (Phi) is 10.5. The number of hydrogen-bond acceptors (Lipinski definition) is 3. The maximum absolute atomic E-state index is 11.2. The molecule has 0 amide bonds. The standard InChI is InChI=1S/C15H34N2O2S/c1-5-6-7-8-9-10-11-12-13-16-14-15(2,3)17-20(4,18)19/h16-17H,5-14H2,1-4H3. The number of sulfonamides is 1. The van der Waals surface area contributed by atoms with E-state index in [9.17, 15) is 8.42 Å². The Hall–Kier alpha value is -0.130. The van der Waals surface area contributed by atoms with E-state index in [0.29, 0.717) is 6.54 Å². The topological polar surface area (TPSA) is 58.2 Å². The van der Waals surface area contributed by atoms with E-state index in [4.69, 9.17) is 0 Å². The van der Waals surface area contributed by atoms with Gasteiger partial charge in [0, 0.05) is 12.1 Å². The first-order valence-corrected chi connectivity index (χ1v) is 9.85. The van der Waals surface area contributed by atoms with Crippen LogP contribution in [-0.4, -0.2) is 33.3 Å². The molecular formula is C15H34N2O2S. The van der Waals surface area contributed by atoms with E-state index in [1.807, 2.05) is 13.8 Å². The molecule has 122 valence electrons. The molecule has 0 saturated carbocycles. The molecule has 5 heteroatoms. The number of hydrogen-bond donors (Lipinski definition) is 2. The van der Waals surface area contributed by atoms with Crippen molar-refractivity contribution in [2.75, 3.05) is 19.3 Å². The summed E-state index contributed by atoms with van der Waals surface area (Å²) >= 11 is 0. The lowest BCUT2D eigenvalue weighted by atomic mass is 10.1. The van der Waals surface area contributed by atoms with Crippen molar-refractivity contribution in [1.29, 1.82) is 0 Å². The molecule has 0 aliphatic carbocycles. The first-order chi connectivity index (χ1) is 9.27. The maximum atomic E-state index is 11.2. The summed E-state index contributed by atoms with van der Waals surface area (Å²) in [6.45, 7) is 7.66. The highest BCUT2D eigenvalue weighted by atomic mass is 32.2. The molecule has 0 aromatic carbocycles. The summed E-state index contributed by atoms with van der Waals surface area (Å²) in [6.07, 6.45) is 11.7. The van der Waals surface area contributed by atoms with E-state index in [0.717, 1.165) is 6.54 Å². The minimum absolute atomic E-state index is 0.423. The van der Waals surface area contributed by atoms with E-state index in [1.54, 1.807) is 0 Å². The van der Waals surface area contributed by atoms with E-state index in [2.05, 4.69) is 17.0 Å². The van der Waals surface area contributed by atoms with Crippen LogP contribution in [0.5, 0.6) is 0 Å². The van der Waals surface area contributed by atoms with Gasteiger partial charge < -0.3 is 5.32 Å². The zero-order chi connectivity index (χ0) is 15.5. The molecule has 0 bridgehead atoms. The van der Waals surface area contributed by atoms with Crippen molar-refractivity contribution in [3.63, 3.8) is 0 Å². The molecule has 0 unspecified atom stereocenters. The SMILES string of the molecule is CCCCCCCCCCNCC(C)(C)NS(C)(=O)=O. The van der Waals surface area contributed by atoms with Gasteiger partial charge >= 0.3 is 0 Å². The quantitative estimate of drug-likeness (QED) is 0.514. The van der Waals surface area contributed by atoms with Crippen LogP contribution in [0.25, 0.3) is 0 Å². The minimum Gasteiger partial charge on any atom is -0.315 e. The van der Waals surface area contributed by atoms with Gasteiger partial charge in [-0.1, -0.05) is 51.9 Å². The Morgan fingerprint density at radius 1 is 0.900 bits per heavy atom. The van der Waals surface area contributed by atoms with Gasteiger partial charge in [-0.05, 0) is 26.8 Å². The van der Waals surface area contributed by atoms with Crippen LogP contribution in [0, 0.1) is 0 Å². The van der Waals surface area contributed by atoms with Crippen molar-refractivity contribution in [2.45, 2.75) is 77.7 Å². The van der Waals surface area contributed by atoms with Gasteiger partial charge in [0.2, 0.25) is 10.0 Å². The highest BCUT2D eigenvalue weighted by Crippen LogP contribution is 2.08. The molecule has 0 aliphatic rings. The Morgan fingerprint density at radius 2 is 1.40 bits per heavy atom.